The fourth-order valence-corrected chi connectivity index (χ4v) is 3.01. The van der Waals surface area contributed by atoms with Gasteiger partial charge in [0.1, 0.15) is 5.75 Å². The molecule has 192 valence electrons. The topological polar surface area (TPSA) is 109 Å². The van der Waals surface area contributed by atoms with Crippen LogP contribution in [0.4, 0.5) is 18.9 Å². The van der Waals surface area contributed by atoms with Crippen molar-refractivity contribution in [2.75, 3.05) is 11.9 Å². The van der Waals surface area contributed by atoms with Crippen molar-refractivity contribution in [1.82, 2.24) is 10.7 Å². The van der Waals surface area contributed by atoms with Crippen LogP contribution in [0.25, 0.3) is 0 Å². The predicted octanol–water partition coefficient (Wildman–Crippen LogP) is 3.80. The molecule has 0 radical (unpaired) electrons. The van der Waals surface area contributed by atoms with Crippen LogP contribution < -0.4 is 20.8 Å². The van der Waals surface area contributed by atoms with Crippen LogP contribution in [-0.4, -0.2) is 30.5 Å². The molecule has 0 saturated heterocycles. The number of carbonyl (C=O) groups is 3. The fraction of sp³-hybridized carbons (Fsp3) is 0.154. The van der Waals surface area contributed by atoms with Crippen LogP contribution in [0.5, 0.6) is 5.75 Å². The van der Waals surface area contributed by atoms with Gasteiger partial charge in [-0.3, -0.25) is 14.4 Å². The number of alkyl halides is 3. The summed E-state index contributed by atoms with van der Waals surface area (Å²) in [6.07, 6.45) is -3.31. The van der Waals surface area contributed by atoms with Gasteiger partial charge in [-0.15, -0.1) is 0 Å². The van der Waals surface area contributed by atoms with Gasteiger partial charge in [-0.1, -0.05) is 48.0 Å². The molecule has 0 aromatic heterocycles. The van der Waals surface area contributed by atoms with Crippen LogP contribution in [-0.2, 0) is 27.1 Å². The molecule has 8 nitrogen and oxygen atoms in total. The first-order chi connectivity index (χ1) is 17.6. The van der Waals surface area contributed by atoms with E-state index in [2.05, 4.69) is 21.2 Å². The summed E-state index contributed by atoms with van der Waals surface area (Å²) in [5.41, 5.74) is 3.48. The molecule has 3 N–H and O–H groups in total. The van der Waals surface area contributed by atoms with Crippen molar-refractivity contribution < 1.29 is 32.3 Å². The van der Waals surface area contributed by atoms with Gasteiger partial charge in [-0.05, 0) is 42.8 Å². The lowest BCUT2D eigenvalue weighted by molar-refractivity contribution is -0.139. The number of aryl methyl sites for hydroxylation is 1. The Bertz CT molecular complexity index is 1290. The first-order valence-electron chi connectivity index (χ1n) is 11.0. The molecule has 0 aliphatic heterocycles. The number of rotatable bonds is 8. The largest absolute Gasteiger partial charge is 0.483 e. The molecule has 3 amide bonds. The third-order valence-electron chi connectivity index (χ3n) is 4.90. The standard InChI is InChI=1S/C26H23F3N4O4/c1-17-9-11-18(12-10-17)14-30-24(35)25(36)33-31-15-19-5-2-3-8-22(19)37-16-23(34)32-21-7-4-6-20(13-21)26(27,28)29/h2-13,15H,14,16H2,1H3,(H,30,35)(H,32,34)(H,33,36)/b31-15-. The van der Waals surface area contributed by atoms with Gasteiger partial charge < -0.3 is 15.4 Å². The summed E-state index contributed by atoms with van der Waals surface area (Å²) in [4.78, 5) is 36.1. The lowest BCUT2D eigenvalue weighted by Crippen LogP contribution is -2.37. The number of hydrogen-bond donors (Lipinski definition) is 3. The Morgan fingerprint density at radius 2 is 1.68 bits per heavy atom. The molecule has 3 aromatic carbocycles. The molecular formula is C26H23F3N4O4. The maximum atomic E-state index is 12.8. The molecule has 37 heavy (non-hydrogen) atoms. The van der Waals surface area contributed by atoms with Gasteiger partial charge in [0, 0.05) is 17.8 Å². The van der Waals surface area contributed by atoms with Crippen molar-refractivity contribution in [3.05, 3.63) is 95.1 Å². The van der Waals surface area contributed by atoms with E-state index in [0.717, 1.165) is 23.3 Å². The maximum Gasteiger partial charge on any atom is 0.416 e. The highest BCUT2D eigenvalue weighted by atomic mass is 19.4. The Labute approximate surface area is 210 Å². The van der Waals surface area contributed by atoms with E-state index in [9.17, 15) is 27.6 Å². The Kier molecular flexibility index (Phi) is 8.98. The van der Waals surface area contributed by atoms with E-state index in [4.69, 9.17) is 4.74 Å². The fourth-order valence-electron chi connectivity index (χ4n) is 3.01. The highest BCUT2D eigenvalue weighted by Crippen LogP contribution is 2.30. The molecule has 0 saturated carbocycles. The molecule has 3 aromatic rings. The van der Waals surface area contributed by atoms with E-state index in [1.54, 1.807) is 18.2 Å². The number of ether oxygens (including phenoxy) is 1. The minimum atomic E-state index is -4.54. The van der Waals surface area contributed by atoms with Gasteiger partial charge in [0.15, 0.2) is 6.61 Å². The van der Waals surface area contributed by atoms with Crippen LogP contribution in [0, 0.1) is 6.92 Å². The molecule has 0 unspecified atom stereocenters. The van der Waals surface area contributed by atoms with E-state index in [1.165, 1.54) is 24.4 Å². The van der Waals surface area contributed by atoms with Crippen LogP contribution in [0.3, 0.4) is 0 Å². The number of nitrogens with one attached hydrogen (secondary N) is 3. The zero-order valence-electron chi connectivity index (χ0n) is 19.6. The van der Waals surface area contributed by atoms with E-state index >= 15 is 0 Å². The molecule has 0 spiro atoms. The minimum absolute atomic E-state index is 0.0263. The first kappa shape index (κ1) is 26.9. The second kappa shape index (κ2) is 12.3. The Morgan fingerprint density at radius 1 is 0.946 bits per heavy atom. The number of hydrazone groups is 1. The first-order valence-corrected chi connectivity index (χ1v) is 11.0. The van der Waals surface area contributed by atoms with Gasteiger partial charge in [0.2, 0.25) is 0 Å². The number of anilines is 1. The summed E-state index contributed by atoms with van der Waals surface area (Å²) >= 11 is 0. The van der Waals surface area contributed by atoms with Gasteiger partial charge >= 0.3 is 18.0 Å². The summed E-state index contributed by atoms with van der Waals surface area (Å²) in [7, 11) is 0. The quantitative estimate of drug-likeness (QED) is 0.242. The molecule has 3 rings (SSSR count). The number of hydrogen-bond acceptors (Lipinski definition) is 5. The van der Waals surface area contributed by atoms with Crippen LogP contribution in [0.15, 0.2) is 77.9 Å². The molecule has 0 fully saturated rings. The normalized spacial score (nSPS) is 11.1. The molecule has 0 aliphatic carbocycles. The van der Waals surface area contributed by atoms with Crippen molar-refractivity contribution in [2.45, 2.75) is 19.6 Å². The number of amides is 3. The van der Waals surface area contributed by atoms with Crippen molar-refractivity contribution in [2.24, 2.45) is 5.10 Å². The Balaban J connectivity index is 1.50. The number of benzene rings is 3. The summed E-state index contributed by atoms with van der Waals surface area (Å²) in [5, 5.41) is 8.57. The zero-order valence-corrected chi connectivity index (χ0v) is 19.6. The van der Waals surface area contributed by atoms with Crippen molar-refractivity contribution >= 4 is 29.6 Å². The van der Waals surface area contributed by atoms with E-state index in [1.807, 2.05) is 31.2 Å². The summed E-state index contributed by atoms with van der Waals surface area (Å²) in [6.45, 7) is 1.62. The van der Waals surface area contributed by atoms with E-state index < -0.39 is 36.1 Å². The average molecular weight is 512 g/mol. The van der Waals surface area contributed by atoms with Crippen molar-refractivity contribution in [1.29, 1.82) is 0 Å². The lowest BCUT2D eigenvalue weighted by atomic mass is 10.1. The highest BCUT2D eigenvalue weighted by molar-refractivity contribution is 6.35. The lowest BCUT2D eigenvalue weighted by Gasteiger charge is -2.11. The molecule has 11 heteroatoms. The number of halogens is 3. The summed E-state index contributed by atoms with van der Waals surface area (Å²) in [6, 6.07) is 18.1. The zero-order chi connectivity index (χ0) is 26.8. The van der Waals surface area contributed by atoms with Crippen molar-refractivity contribution in [3.8, 4) is 5.75 Å². The monoisotopic (exact) mass is 512 g/mol. The third-order valence-corrected chi connectivity index (χ3v) is 4.90. The Hall–Kier alpha value is -4.67. The van der Waals surface area contributed by atoms with Gasteiger partial charge in [-0.2, -0.15) is 18.3 Å². The van der Waals surface area contributed by atoms with Crippen LogP contribution in [0.1, 0.15) is 22.3 Å². The second-order valence-electron chi connectivity index (χ2n) is 7.82. The van der Waals surface area contributed by atoms with Crippen LogP contribution >= 0.6 is 0 Å². The summed E-state index contributed by atoms with van der Waals surface area (Å²) in [5.74, 6) is -2.29. The molecule has 0 heterocycles. The van der Waals surface area contributed by atoms with E-state index in [-0.39, 0.29) is 18.0 Å². The number of nitrogens with zero attached hydrogens (tertiary/aromatic N) is 1. The smallest absolute Gasteiger partial charge is 0.416 e. The van der Waals surface area contributed by atoms with E-state index in [0.29, 0.717) is 5.56 Å². The number of para-hydroxylation sites is 1. The van der Waals surface area contributed by atoms with Crippen molar-refractivity contribution in [3.63, 3.8) is 0 Å². The summed E-state index contributed by atoms with van der Waals surface area (Å²) < 4.78 is 44.0. The molecule has 0 bridgehead atoms. The molecule has 0 atom stereocenters. The highest BCUT2D eigenvalue weighted by Gasteiger charge is 2.30. The second-order valence-corrected chi connectivity index (χ2v) is 7.82. The predicted molar refractivity (Wildman–Crippen MR) is 131 cm³/mol. The molecular weight excluding hydrogens is 489 g/mol. The Morgan fingerprint density at radius 3 is 2.41 bits per heavy atom. The van der Waals surface area contributed by atoms with Crippen LogP contribution in [0.2, 0.25) is 0 Å². The molecule has 0 aliphatic rings. The SMILES string of the molecule is Cc1ccc(CNC(=O)C(=O)N/N=C\c2ccccc2OCC(=O)Nc2cccc(C(F)(F)F)c2)cc1. The van der Waals surface area contributed by atoms with Gasteiger partial charge in [0.25, 0.3) is 5.91 Å². The third kappa shape index (κ3) is 8.49. The minimum Gasteiger partial charge on any atom is -0.483 e. The number of carbonyl (C=O) groups excluding carboxylic acids is 3. The average Bonchev–Trinajstić information content (AvgIpc) is 2.87. The van der Waals surface area contributed by atoms with Gasteiger partial charge in [0.05, 0.1) is 11.8 Å². The maximum absolute atomic E-state index is 12.8. The van der Waals surface area contributed by atoms with Gasteiger partial charge in [-0.25, -0.2) is 5.43 Å².